The van der Waals surface area contributed by atoms with E-state index in [1.807, 2.05) is 24.3 Å². The zero-order valence-corrected chi connectivity index (χ0v) is 16.1. The van der Waals surface area contributed by atoms with Crippen LogP contribution in [0.15, 0.2) is 36.5 Å². The number of carboxylic acids is 1. The number of amides is 3. The molecule has 3 rings (SSSR count). The van der Waals surface area contributed by atoms with Crippen molar-refractivity contribution in [1.29, 1.82) is 0 Å². The molecule has 0 aliphatic carbocycles. The Morgan fingerprint density at radius 3 is 2.57 bits per heavy atom. The van der Waals surface area contributed by atoms with Crippen LogP contribution in [0.2, 0.25) is 0 Å². The first-order valence-electron chi connectivity index (χ1n) is 9.25. The number of aromatic nitrogens is 2. The van der Waals surface area contributed by atoms with E-state index in [-0.39, 0.29) is 18.5 Å². The van der Waals surface area contributed by atoms with Gasteiger partial charge in [0, 0.05) is 22.7 Å². The normalized spacial score (nSPS) is 13.0. The van der Waals surface area contributed by atoms with Gasteiger partial charge in [0.15, 0.2) is 0 Å². The van der Waals surface area contributed by atoms with Gasteiger partial charge in [0.2, 0.25) is 11.8 Å². The molecule has 10 heteroatoms. The molecule has 3 amide bonds. The Bertz CT molecular complexity index is 1140. The molecule has 0 fully saturated rings. The molecule has 0 saturated carbocycles. The van der Waals surface area contributed by atoms with Crippen molar-refractivity contribution in [2.75, 3.05) is 0 Å². The molecule has 2 unspecified atom stereocenters. The number of nitrogens with zero attached hydrogens (tertiary/aromatic N) is 1. The fourth-order valence-corrected chi connectivity index (χ4v) is 3.05. The van der Waals surface area contributed by atoms with Crippen molar-refractivity contribution in [3.63, 3.8) is 0 Å². The zero-order chi connectivity index (χ0) is 21.8. The van der Waals surface area contributed by atoms with Crippen molar-refractivity contribution in [2.24, 2.45) is 5.73 Å². The minimum atomic E-state index is -1.30. The van der Waals surface area contributed by atoms with Gasteiger partial charge in [-0.3, -0.25) is 14.4 Å². The van der Waals surface area contributed by atoms with Crippen molar-refractivity contribution in [2.45, 2.75) is 31.8 Å². The third kappa shape index (κ3) is 4.54. The number of primary amides is 1. The minimum absolute atomic E-state index is 0.121. The predicted octanol–water partition coefficient (Wildman–Crippen LogP) is 0.669. The van der Waals surface area contributed by atoms with Crippen LogP contribution in [0.5, 0.6) is 0 Å². The second-order valence-electron chi connectivity index (χ2n) is 6.89. The highest BCUT2D eigenvalue weighted by atomic mass is 16.4. The number of carbonyl (C=O) groups is 4. The SMILES string of the molecule is CC(NC(=O)c1cc2c(cn1)[nH]c1ccccc12)C(=O)NC(CCC(N)=O)C(=O)O. The van der Waals surface area contributed by atoms with Gasteiger partial charge in [-0.05, 0) is 25.5 Å². The molecular formula is C20H21N5O5. The molecule has 0 aliphatic rings. The van der Waals surface area contributed by atoms with E-state index in [4.69, 9.17) is 5.73 Å². The number of nitrogens with one attached hydrogen (secondary N) is 3. The lowest BCUT2D eigenvalue weighted by molar-refractivity contribution is -0.142. The number of carbonyl (C=O) groups excluding carboxylic acids is 3. The van der Waals surface area contributed by atoms with E-state index in [2.05, 4.69) is 20.6 Å². The summed E-state index contributed by atoms with van der Waals surface area (Å²) in [5, 5.41) is 15.7. The number of rotatable bonds is 8. The fraction of sp³-hybridized carbons (Fsp3) is 0.250. The molecule has 0 saturated heterocycles. The standard InChI is InChI=1S/C20H21N5O5/c1-10(18(27)25-14(20(29)30)6-7-17(21)26)23-19(28)15-8-12-11-4-2-3-5-13(11)24-16(12)9-22-15/h2-5,8-10,14,24H,6-7H2,1H3,(H2,21,26)(H,23,28)(H,25,27)(H,29,30). The Balaban J connectivity index is 1.69. The Labute approximate surface area is 170 Å². The van der Waals surface area contributed by atoms with E-state index >= 15 is 0 Å². The van der Waals surface area contributed by atoms with Crippen molar-refractivity contribution >= 4 is 45.5 Å². The topological polar surface area (TPSA) is 167 Å². The summed E-state index contributed by atoms with van der Waals surface area (Å²) in [6.07, 6.45) is 1.21. The predicted molar refractivity (Wildman–Crippen MR) is 109 cm³/mol. The van der Waals surface area contributed by atoms with Crippen LogP contribution >= 0.6 is 0 Å². The largest absolute Gasteiger partial charge is 0.480 e. The van der Waals surface area contributed by atoms with Crippen LogP contribution in [-0.2, 0) is 14.4 Å². The van der Waals surface area contributed by atoms with Gasteiger partial charge in [-0.2, -0.15) is 0 Å². The molecule has 156 valence electrons. The molecule has 0 aliphatic heterocycles. The van der Waals surface area contributed by atoms with Gasteiger partial charge in [-0.25, -0.2) is 9.78 Å². The van der Waals surface area contributed by atoms with Gasteiger partial charge in [-0.15, -0.1) is 0 Å². The lowest BCUT2D eigenvalue weighted by atomic mass is 10.1. The summed E-state index contributed by atoms with van der Waals surface area (Å²) < 4.78 is 0. The Kier molecular flexibility index (Phi) is 5.95. The van der Waals surface area contributed by atoms with Gasteiger partial charge in [-0.1, -0.05) is 18.2 Å². The Morgan fingerprint density at radius 1 is 1.13 bits per heavy atom. The summed E-state index contributed by atoms with van der Waals surface area (Å²) in [6.45, 7) is 1.42. The van der Waals surface area contributed by atoms with E-state index in [1.54, 1.807) is 12.3 Å². The van der Waals surface area contributed by atoms with Crippen LogP contribution in [0.4, 0.5) is 0 Å². The number of fused-ring (bicyclic) bond motifs is 3. The monoisotopic (exact) mass is 411 g/mol. The number of nitrogens with two attached hydrogens (primary N) is 1. The second-order valence-corrected chi connectivity index (χ2v) is 6.89. The van der Waals surface area contributed by atoms with Crippen molar-refractivity contribution in [1.82, 2.24) is 20.6 Å². The van der Waals surface area contributed by atoms with Crippen LogP contribution in [0.3, 0.4) is 0 Å². The maximum absolute atomic E-state index is 12.6. The maximum atomic E-state index is 12.6. The highest BCUT2D eigenvalue weighted by molar-refractivity contribution is 6.09. The number of benzene rings is 1. The summed E-state index contributed by atoms with van der Waals surface area (Å²) in [5.41, 5.74) is 6.83. The number of pyridine rings is 1. The summed E-state index contributed by atoms with van der Waals surface area (Å²) in [5.74, 6) is -3.24. The average molecular weight is 411 g/mol. The zero-order valence-electron chi connectivity index (χ0n) is 16.1. The molecule has 30 heavy (non-hydrogen) atoms. The van der Waals surface area contributed by atoms with Crippen LogP contribution in [0.1, 0.15) is 30.3 Å². The average Bonchev–Trinajstić information content (AvgIpc) is 3.08. The molecule has 0 spiro atoms. The lowest BCUT2D eigenvalue weighted by Gasteiger charge is -2.18. The summed E-state index contributed by atoms with van der Waals surface area (Å²) >= 11 is 0. The lowest BCUT2D eigenvalue weighted by Crippen LogP contribution is -2.50. The van der Waals surface area contributed by atoms with E-state index in [0.29, 0.717) is 0 Å². The molecule has 10 nitrogen and oxygen atoms in total. The molecular weight excluding hydrogens is 390 g/mol. The van der Waals surface area contributed by atoms with E-state index < -0.39 is 35.8 Å². The molecule has 0 radical (unpaired) electrons. The van der Waals surface area contributed by atoms with Gasteiger partial charge in [0.05, 0.1) is 11.7 Å². The van der Waals surface area contributed by atoms with Crippen LogP contribution < -0.4 is 16.4 Å². The van der Waals surface area contributed by atoms with Crippen molar-refractivity contribution in [3.05, 3.63) is 42.2 Å². The number of para-hydroxylation sites is 1. The third-order valence-electron chi connectivity index (χ3n) is 4.66. The van der Waals surface area contributed by atoms with Crippen LogP contribution in [0, 0.1) is 0 Å². The molecule has 6 N–H and O–H groups in total. The number of H-pyrrole nitrogens is 1. The molecule has 2 aromatic heterocycles. The van der Waals surface area contributed by atoms with E-state index in [9.17, 15) is 24.3 Å². The molecule has 1 aromatic carbocycles. The first kappa shape index (κ1) is 20.8. The van der Waals surface area contributed by atoms with Crippen LogP contribution in [-0.4, -0.2) is 50.8 Å². The maximum Gasteiger partial charge on any atom is 0.326 e. The van der Waals surface area contributed by atoms with Gasteiger partial charge in [0.1, 0.15) is 17.8 Å². The molecule has 2 atom stereocenters. The molecule has 0 bridgehead atoms. The molecule has 3 aromatic rings. The third-order valence-corrected chi connectivity index (χ3v) is 4.66. The Hall–Kier alpha value is -3.95. The van der Waals surface area contributed by atoms with E-state index in [0.717, 1.165) is 21.8 Å². The fourth-order valence-electron chi connectivity index (χ4n) is 3.05. The summed E-state index contributed by atoms with van der Waals surface area (Å²) in [7, 11) is 0. The highest BCUT2D eigenvalue weighted by Gasteiger charge is 2.25. The van der Waals surface area contributed by atoms with Gasteiger partial charge < -0.3 is 26.5 Å². The van der Waals surface area contributed by atoms with Gasteiger partial charge >= 0.3 is 5.97 Å². The number of aliphatic carboxylic acids is 1. The number of hydrogen-bond donors (Lipinski definition) is 5. The smallest absolute Gasteiger partial charge is 0.326 e. The number of hydrogen-bond acceptors (Lipinski definition) is 5. The Morgan fingerprint density at radius 2 is 1.87 bits per heavy atom. The van der Waals surface area contributed by atoms with Crippen molar-refractivity contribution in [3.8, 4) is 0 Å². The number of carboxylic acid groups (broad SMARTS) is 1. The van der Waals surface area contributed by atoms with Gasteiger partial charge in [0.25, 0.3) is 5.91 Å². The van der Waals surface area contributed by atoms with Crippen LogP contribution in [0.25, 0.3) is 21.8 Å². The first-order valence-corrected chi connectivity index (χ1v) is 9.25. The summed E-state index contributed by atoms with van der Waals surface area (Å²) in [6, 6.07) is 6.94. The number of aromatic amines is 1. The minimum Gasteiger partial charge on any atom is -0.480 e. The molecule has 2 heterocycles. The quantitative estimate of drug-likeness (QED) is 0.365. The van der Waals surface area contributed by atoms with E-state index in [1.165, 1.54) is 6.92 Å². The van der Waals surface area contributed by atoms with Crippen molar-refractivity contribution < 1.29 is 24.3 Å². The highest BCUT2D eigenvalue weighted by Crippen LogP contribution is 2.24. The first-order chi connectivity index (χ1) is 14.3. The second kappa shape index (κ2) is 8.60. The summed E-state index contributed by atoms with van der Waals surface area (Å²) in [4.78, 5) is 54.3.